The van der Waals surface area contributed by atoms with Crippen molar-refractivity contribution in [2.45, 2.75) is 58.7 Å². The van der Waals surface area contributed by atoms with E-state index in [2.05, 4.69) is 11.8 Å². The molecule has 2 saturated heterocycles. The van der Waals surface area contributed by atoms with Crippen LogP contribution in [0.4, 0.5) is 0 Å². The van der Waals surface area contributed by atoms with Crippen molar-refractivity contribution in [2.24, 2.45) is 0 Å². The van der Waals surface area contributed by atoms with Gasteiger partial charge in [-0.15, -0.1) is 0 Å². The van der Waals surface area contributed by atoms with Crippen molar-refractivity contribution < 1.29 is 17.9 Å². The van der Waals surface area contributed by atoms with E-state index in [1.54, 1.807) is 8.61 Å². The van der Waals surface area contributed by atoms with Crippen LogP contribution in [0.25, 0.3) is 0 Å². The Labute approximate surface area is 159 Å². The van der Waals surface area contributed by atoms with E-state index in [0.717, 1.165) is 58.5 Å². The molecule has 154 valence electrons. The van der Waals surface area contributed by atoms with Crippen LogP contribution in [-0.4, -0.2) is 93.2 Å². The number of morpholine rings is 2. The molecule has 2 atom stereocenters. The third-order valence-corrected chi connectivity index (χ3v) is 7.04. The Kier molecular flexibility index (Phi) is 9.26. The molecule has 0 aromatic carbocycles. The minimum Gasteiger partial charge on any atom is -0.379 e. The lowest BCUT2D eigenvalue weighted by molar-refractivity contribution is -0.0455. The summed E-state index contributed by atoms with van der Waals surface area (Å²) in [5, 5.41) is 0. The van der Waals surface area contributed by atoms with E-state index in [4.69, 9.17) is 9.47 Å². The summed E-state index contributed by atoms with van der Waals surface area (Å²) in [6.45, 7) is 12.1. The van der Waals surface area contributed by atoms with E-state index in [1.807, 2.05) is 13.8 Å². The van der Waals surface area contributed by atoms with Crippen LogP contribution in [0, 0.1) is 0 Å². The maximum absolute atomic E-state index is 13.3. The zero-order chi connectivity index (χ0) is 19.0. The molecule has 0 radical (unpaired) electrons. The van der Waals surface area contributed by atoms with Gasteiger partial charge in [0.05, 0.1) is 25.4 Å². The maximum Gasteiger partial charge on any atom is 0.282 e. The Bertz CT molecular complexity index is 487. The van der Waals surface area contributed by atoms with Gasteiger partial charge in [-0.1, -0.05) is 26.2 Å². The highest BCUT2D eigenvalue weighted by Crippen LogP contribution is 2.18. The fourth-order valence-electron chi connectivity index (χ4n) is 3.62. The molecule has 0 saturated carbocycles. The predicted molar refractivity (Wildman–Crippen MR) is 103 cm³/mol. The zero-order valence-electron chi connectivity index (χ0n) is 16.7. The molecule has 0 spiro atoms. The lowest BCUT2D eigenvalue weighted by atomic mass is 10.2. The molecule has 0 N–H and O–H groups in total. The molecule has 2 aliphatic heterocycles. The molecule has 2 unspecified atom stereocenters. The van der Waals surface area contributed by atoms with Gasteiger partial charge in [0.1, 0.15) is 0 Å². The number of nitrogens with zero attached hydrogens (tertiary/aromatic N) is 3. The van der Waals surface area contributed by atoms with Gasteiger partial charge in [-0.3, -0.25) is 4.90 Å². The predicted octanol–water partition coefficient (Wildman–Crippen LogP) is 1.55. The van der Waals surface area contributed by atoms with Crippen molar-refractivity contribution in [1.82, 2.24) is 13.5 Å². The van der Waals surface area contributed by atoms with Crippen LogP contribution in [0.2, 0.25) is 0 Å². The second-order valence-corrected chi connectivity index (χ2v) is 9.42. The standard InChI is InChI=1S/C18H37N3O4S/c1-4-5-6-7-8-20(10-9-19-11-13-24-14-12-19)26(22,23)21-15-17(2)25-18(3)16-21/h17-18H,4-16H2,1-3H3. The van der Waals surface area contributed by atoms with Gasteiger partial charge in [0.2, 0.25) is 0 Å². The highest BCUT2D eigenvalue weighted by molar-refractivity contribution is 7.86. The van der Waals surface area contributed by atoms with Gasteiger partial charge >= 0.3 is 0 Å². The molecule has 0 bridgehead atoms. The van der Waals surface area contributed by atoms with Crippen molar-refractivity contribution in [2.75, 3.05) is 59.0 Å². The van der Waals surface area contributed by atoms with E-state index in [1.165, 1.54) is 0 Å². The molecule has 2 fully saturated rings. The van der Waals surface area contributed by atoms with Crippen LogP contribution >= 0.6 is 0 Å². The van der Waals surface area contributed by atoms with Crippen LogP contribution in [0.1, 0.15) is 46.5 Å². The number of ether oxygens (including phenoxy) is 2. The monoisotopic (exact) mass is 391 g/mol. The van der Waals surface area contributed by atoms with Crippen molar-refractivity contribution in [1.29, 1.82) is 0 Å². The molecule has 0 aromatic heterocycles. The fraction of sp³-hybridized carbons (Fsp3) is 1.00. The van der Waals surface area contributed by atoms with E-state index >= 15 is 0 Å². The number of hydrogen-bond donors (Lipinski definition) is 0. The average Bonchev–Trinajstić information content (AvgIpc) is 2.61. The molecular formula is C18H37N3O4S. The highest BCUT2D eigenvalue weighted by atomic mass is 32.2. The van der Waals surface area contributed by atoms with Crippen LogP contribution in [-0.2, 0) is 19.7 Å². The van der Waals surface area contributed by atoms with Gasteiger partial charge in [0, 0.05) is 45.8 Å². The quantitative estimate of drug-likeness (QED) is 0.529. The highest BCUT2D eigenvalue weighted by Gasteiger charge is 2.35. The largest absolute Gasteiger partial charge is 0.379 e. The van der Waals surface area contributed by atoms with Crippen LogP contribution in [0.5, 0.6) is 0 Å². The van der Waals surface area contributed by atoms with Gasteiger partial charge in [0.15, 0.2) is 0 Å². The summed E-state index contributed by atoms with van der Waals surface area (Å²) in [6.07, 6.45) is 4.19. The second kappa shape index (κ2) is 10.9. The van der Waals surface area contributed by atoms with Crippen LogP contribution in [0.15, 0.2) is 0 Å². The zero-order valence-corrected chi connectivity index (χ0v) is 17.5. The maximum atomic E-state index is 13.3. The van der Waals surface area contributed by atoms with Gasteiger partial charge in [0.25, 0.3) is 10.2 Å². The molecular weight excluding hydrogens is 354 g/mol. The number of rotatable bonds is 10. The second-order valence-electron chi connectivity index (χ2n) is 7.50. The van der Waals surface area contributed by atoms with Crippen LogP contribution < -0.4 is 0 Å². The molecule has 2 rings (SSSR count). The van der Waals surface area contributed by atoms with E-state index in [-0.39, 0.29) is 12.2 Å². The third-order valence-electron chi connectivity index (χ3n) is 5.07. The SMILES string of the molecule is CCCCCCN(CCN1CCOCC1)S(=O)(=O)N1CC(C)OC(C)C1. The smallest absolute Gasteiger partial charge is 0.282 e. The summed E-state index contributed by atoms with van der Waals surface area (Å²) < 4.78 is 40.9. The van der Waals surface area contributed by atoms with Crippen LogP contribution in [0.3, 0.4) is 0 Å². The van der Waals surface area contributed by atoms with Crippen molar-refractivity contribution in [3.8, 4) is 0 Å². The lowest BCUT2D eigenvalue weighted by Gasteiger charge is -2.38. The average molecular weight is 392 g/mol. The Balaban J connectivity index is 1.99. The van der Waals surface area contributed by atoms with Crippen molar-refractivity contribution in [3.63, 3.8) is 0 Å². The molecule has 2 aliphatic rings. The summed E-state index contributed by atoms with van der Waals surface area (Å²) >= 11 is 0. The molecule has 0 aliphatic carbocycles. The first kappa shape index (κ1) is 22.0. The Morgan fingerprint density at radius 2 is 1.65 bits per heavy atom. The minimum absolute atomic E-state index is 0.0605. The first-order valence-corrected chi connectivity index (χ1v) is 11.5. The van der Waals surface area contributed by atoms with Gasteiger partial charge < -0.3 is 9.47 Å². The Morgan fingerprint density at radius 3 is 2.27 bits per heavy atom. The molecule has 2 heterocycles. The van der Waals surface area contributed by atoms with E-state index in [0.29, 0.717) is 26.2 Å². The van der Waals surface area contributed by atoms with E-state index < -0.39 is 10.2 Å². The van der Waals surface area contributed by atoms with Gasteiger partial charge in [-0.25, -0.2) is 0 Å². The first-order valence-electron chi connectivity index (χ1n) is 10.1. The number of hydrogen-bond acceptors (Lipinski definition) is 5. The van der Waals surface area contributed by atoms with Gasteiger partial charge in [-0.05, 0) is 20.3 Å². The topological polar surface area (TPSA) is 62.3 Å². The molecule has 0 amide bonds. The Morgan fingerprint density at radius 1 is 1.00 bits per heavy atom. The van der Waals surface area contributed by atoms with Gasteiger partial charge in [-0.2, -0.15) is 17.0 Å². The normalized spacial score (nSPS) is 26.5. The first-order chi connectivity index (χ1) is 12.4. The molecule has 26 heavy (non-hydrogen) atoms. The lowest BCUT2D eigenvalue weighted by Crippen LogP contribution is -2.54. The fourth-order valence-corrected chi connectivity index (χ4v) is 5.41. The summed E-state index contributed by atoms with van der Waals surface area (Å²) in [7, 11) is -3.45. The van der Waals surface area contributed by atoms with E-state index in [9.17, 15) is 8.42 Å². The molecule has 0 aromatic rings. The summed E-state index contributed by atoms with van der Waals surface area (Å²) in [5.41, 5.74) is 0. The van der Waals surface area contributed by atoms with Crippen molar-refractivity contribution >= 4 is 10.2 Å². The summed E-state index contributed by atoms with van der Waals surface area (Å²) in [5.74, 6) is 0. The molecule has 8 heteroatoms. The molecule has 7 nitrogen and oxygen atoms in total. The summed E-state index contributed by atoms with van der Waals surface area (Å²) in [4.78, 5) is 2.29. The summed E-state index contributed by atoms with van der Waals surface area (Å²) in [6, 6.07) is 0. The third kappa shape index (κ3) is 6.73. The minimum atomic E-state index is -3.45. The van der Waals surface area contributed by atoms with Crippen molar-refractivity contribution in [3.05, 3.63) is 0 Å². The Hall–Kier alpha value is -0.250. The number of unbranched alkanes of at least 4 members (excludes halogenated alkanes) is 3.